The molecule has 0 saturated carbocycles. The van der Waals surface area contributed by atoms with Gasteiger partial charge in [0.15, 0.2) is 0 Å². The highest BCUT2D eigenvalue weighted by Crippen LogP contribution is 2.35. The normalized spacial score (nSPS) is 13.3. The summed E-state index contributed by atoms with van der Waals surface area (Å²) >= 11 is 0. The van der Waals surface area contributed by atoms with Gasteiger partial charge in [-0.3, -0.25) is 0 Å². The number of carbonyl (C=O) groups is 1. The van der Waals surface area contributed by atoms with E-state index in [9.17, 15) is 4.79 Å². The zero-order valence-electron chi connectivity index (χ0n) is 17.6. The number of nitrogens with one attached hydrogen (secondary N) is 1. The number of allylic oxidation sites excluding steroid dienone is 1. The van der Waals surface area contributed by atoms with Crippen molar-refractivity contribution >= 4 is 22.4 Å². The van der Waals surface area contributed by atoms with E-state index in [0.717, 1.165) is 29.4 Å². The number of nitrogens with zero attached hydrogens (tertiary/aromatic N) is 1. The predicted molar refractivity (Wildman–Crippen MR) is 118 cm³/mol. The summed E-state index contributed by atoms with van der Waals surface area (Å²) < 4.78 is 7.46. The number of rotatable bonds is 5. The van der Waals surface area contributed by atoms with Gasteiger partial charge in [-0.15, -0.1) is 0 Å². The Morgan fingerprint density at radius 2 is 2.03 bits per heavy atom. The van der Waals surface area contributed by atoms with Crippen LogP contribution in [0.25, 0.3) is 16.5 Å². The quantitative estimate of drug-likeness (QED) is 0.641. The summed E-state index contributed by atoms with van der Waals surface area (Å²) in [6.07, 6.45) is 4.48. The number of benzene rings is 2. The average Bonchev–Trinajstić information content (AvgIpc) is 2.99. The molecule has 0 unspecified atom stereocenters. The monoisotopic (exact) mass is 388 g/mol. The van der Waals surface area contributed by atoms with Crippen LogP contribution in [-0.4, -0.2) is 24.2 Å². The van der Waals surface area contributed by atoms with Crippen molar-refractivity contribution in [2.24, 2.45) is 7.05 Å². The first-order chi connectivity index (χ1) is 14.0. The molecular formula is C25H28N2O2. The Kier molecular flexibility index (Phi) is 5.29. The molecule has 1 heterocycles. The van der Waals surface area contributed by atoms with Gasteiger partial charge < -0.3 is 14.6 Å². The SMILES string of the molecule is CCOC(=O)c1c(CNC)n(C)c2cc(C3=CCCc4cc(C)ccc43)ccc12. The Labute approximate surface area is 172 Å². The van der Waals surface area contributed by atoms with Crippen molar-refractivity contribution in [3.63, 3.8) is 0 Å². The Morgan fingerprint density at radius 1 is 1.21 bits per heavy atom. The average molecular weight is 389 g/mol. The van der Waals surface area contributed by atoms with Crippen LogP contribution in [0.4, 0.5) is 0 Å². The maximum absolute atomic E-state index is 12.7. The van der Waals surface area contributed by atoms with Crippen molar-refractivity contribution in [2.75, 3.05) is 13.7 Å². The van der Waals surface area contributed by atoms with Crippen molar-refractivity contribution < 1.29 is 9.53 Å². The minimum atomic E-state index is -0.256. The van der Waals surface area contributed by atoms with Crippen molar-refractivity contribution in [2.45, 2.75) is 33.2 Å². The summed E-state index contributed by atoms with van der Waals surface area (Å²) in [6, 6.07) is 13.1. The molecule has 0 amide bonds. The summed E-state index contributed by atoms with van der Waals surface area (Å²) in [6.45, 7) is 4.97. The summed E-state index contributed by atoms with van der Waals surface area (Å²) in [4.78, 5) is 12.7. The van der Waals surface area contributed by atoms with E-state index >= 15 is 0 Å². The Morgan fingerprint density at radius 3 is 2.79 bits per heavy atom. The van der Waals surface area contributed by atoms with Crippen LogP contribution < -0.4 is 5.32 Å². The summed E-state index contributed by atoms with van der Waals surface area (Å²) in [5, 5.41) is 4.12. The lowest BCUT2D eigenvalue weighted by molar-refractivity contribution is 0.0527. The lowest BCUT2D eigenvalue weighted by Gasteiger charge is -2.19. The van der Waals surface area contributed by atoms with E-state index in [-0.39, 0.29) is 5.97 Å². The van der Waals surface area contributed by atoms with E-state index in [2.05, 4.69) is 59.3 Å². The number of hydrogen-bond donors (Lipinski definition) is 1. The molecule has 1 aliphatic rings. The van der Waals surface area contributed by atoms with Gasteiger partial charge in [-0.25, -0.2) is 4.79 Å². The second-order valence-corrected chi connectivity index (χ2v) is 7.68. The molecule has 0 atom stereocenters. The van der Waals surface area contributed by atoms with E-state index in [1.165, 1.54) is 27.8 Å². The predicted octanol–water partition coefficient (Wildman–Crippen LogP) is 4.76. The van der Waals surface area contributed by atoms with Crippen molar-refractivity contribution in [3.8, 4) is 0 Å². The van der Waals surface area contributed by atoms with Gasteiger partial charge in [0, 0.05) is 30.2 Å². The summed E-state index contributed by atoms with van der Waals surface area (Å²) in [7, 11) is 3.91. The van der Waals surface area contributed by atoms with Gasteiger partial charge in [0.2, 0.25) is 0 Å². The van der Waals surface area contributed by atoms with Crippen LogP contribution in [0.2, 0.25) is 0 Å². The smallest absolute Gasteiger partial charge is 0.340 e. The van der Waals surface area contributed by atoms with Crippen molar-refractivity contribution in [3.05, 3.63) is 76.0 Å². The van der Waals surface area contributed by atoms with Crippen LogP contribution in [0.3, 0.4) is 0 Å². The standard InChI is InChI=1S/C25H28N2O2/c1-5-29-25(28)24-21-12-10-18(14-22(21)27(4)23(24)15-26-3)19-8-6-7-17-13-16(2)9-11-20(17)19/h8-14,26H,5-7,15H2,1-4H3. The Hall–Kier alpha value is -2.85. The van der Waals surface area contributed by atoms with Gasteiger partial charge in [-0.1, -0.05) is 42.0 Å². The first-order valence-corrected chi connectivity index (χ1v) is 10.3. The van der Waals surface area contributed by atoms with Crippen molar-refractivity contribution in [1.29, 1.82) is 0 Å². The molecule has 1 aliphatic carbocycles. The molecular weight excluding hydrogens is 360 g/mol. The van der Waals surface area contributed by atoms with Crippen LogP contribution in [0.15, 0.2) is 42.5 Å². The molecule has 0 saturated heterocycles. The van der Waals surface area contributed by atoms with Gasteiger partial charge in [0.25, 0.3) is 0 Å². The fourth-order valence-electron chi connectivity index (χ4n) is 4.41. The maximum Gasteiger partial charge on any atom is 0.340 e. The molecule has 0 fully saturated rings. The van der Waals surface area contributed by atoms with Crippen LogP contribution in [0, 0.1) is 6.92 Å². The van der Waals surface area contributed by atoms with Gasteiger partial charge in [-0.2, -0.15) is 0 Å². The molecule has 4 rings (SSSR count). The zero-order chi connectivity index (χ0) is 20.5. The Balaban J connectivity index is 1.87. The molecule has 150 valence electrons. The first kappa shape index (κ1) is 19.5. The molecule has 2 aromatic carbocycles. The lowest BCUT2D eigenvalue weighted by Crippen LogP contribution is -2.14. The number of carbonyl (C=O) groups excluding carboxylic acids is 1. The zero-order valence-corrected chi connectivity index (χ0v) is 17.6. The molecule has 3 aromatic rings. The second kappa shape index (κ2) is 7.88. The molecule has 1 aromatic heterocycles. The lowest BCUT2D eigenvalue weighted by atomic mass is 9.86. The van der Waals surface area contributed by atoms with E-state index < -0.39 is 0 Å². The number of aromatic nitrogens is 1. The fourth-order valence-corrected chi connectivity index (χ4v) is 4.41. The van der Waals surface area contributed by atoms with E-state index in [1.54, 1.807) is 0 Å². The van der Waals surface area contributed by atoms with Gasteiger partial charge >= 0.3 is 5.97 Å². The molecule has 0 bridgehead atoms. The number of aryl methyl sites for hydroxylation is 3. The third-order valence-electron chi connectivity index (χ3n) is 5.77. The number of hydrogen-bond acceptors (Lipinski definition) is 3. The van der Waals surface area contributed by atoms with Crippen LogP contribution in [-0.2, 0) is 24.8 Å². The molecule has 1 N–H and O–H groups in total. The number of ether oxygens (including phenoxy) is 1. The van der Waals surface area contributed by atoms with Crippen LogP contribution in [0.5, 0.6) is 0 Å². The second-order valence-electron chi connectivity index (χ2n) is 7.68. The maximum atomic E-state index is 12.7. The topological polar surface area (TPSA) is 43.3 Å². The van der Waals surface area contributed by atoms with Crippen LogP contribution >= 0.6 is 0 Å². The van der Waals surface area contributed by atoms with E-state index in [1.807, 2.05) is 21.0 Å². The molecule has 0 radical (unpaired) electrons. The minimum absolute atomic E-state index is 0.256. The largest absolute Gasteiger partial charge is 0.462 e. The molecule has 29 heavy (non-hydrogen) atoms. The van der Waals surface area contributed by atoms with Crippen molar-refractivity contribution in [1.82, 2.24) is 9.88 Å². The minimum Gasteiger partial charge on any atom is -0.462 e. The first-order valence-electron chi connectivity index (χ1n) is 10.3. The van der Waals surface area contributed by atoms with E-state index in [4.69, 9.17) is 4.74 Å². The third-order valence-corrected chi connectivity index (χ3v) is 5.77. The molecule has 0 aliphatic heterocycles. The molecule has 4 nitrogen and oxygen atoms in total. The molecule has 0 spiro atoms. The summed E-state index contributed by atoms with van der Waals surface area (Å²) in [5.74, 6) is -0.256. The highest BCUT2D eigenvalue weighted by atomic mass is 16.5. The van der Waals surface area contributed by atoms with E-state index in [0.29, 0.717) is 18.7 Å². The van der Waals surface area contributed by atoms with Gasteiger partial charge in [-0.05, 0) is 62.1 Å². The highest BCUT2D eigenvalue weighted by molar-refractivity contribution is 6.06. The highest BCUT2D eigenvalue weighted by Gasteiger charge is 2.23. The van der Waals surface area contributed by atoms with Gasteiger partial charge in [0.1, 0.15) is 0 Å². The summed E-state index contributed by atoms with van der Waals surface area (Å²) in [5.41, 5.74) is 9.17. The molecule has 4 heteroatoms. The number of fused-ring (bicyclic) bond motifs is 2. The van der Waals surface area contributed by atoms with Gasteiger partial charge in [0.05, 0.1) is 12.2 Å². The Bertz CT molecular complexity index is 1120. The fraction of sp³-hybridized carbons (Fsp3) is 0.320. The van der Waals surface area contributed by atoms with Crippen LogP contribution in [0.1, 0.15) is 51.7 Å². The number of esters is 1. The third kappa shape index (κ3) is 3.38.